The second-order valence-electron chi connectivity index (χ2n) is 4.48. The molecule has 0 bridgehead atoms. The Kier molecular flexibility index (Phi) is 4.89. The number of carbonyl (C=O) groups is 2. The topological polar surface area (TPSA) is 67.9 Å². The highest BCUT2D eigenvalue weighted by Crippen LogP contribution is 2.29. The minimum absolute atomic E-state index is 0.110. The fraction of sp³-hybridized carbons (Fsp3) is 0.818. The average molecular weight is 244 g/mol. The van der Waals surface area contributed by atoms with Crippen LogP contribution in [-0.2, 0) is 19.1 Å². The minimum Gasteiger partial charge on any atom is -0.468 e. The third kappa shape index (κ3) is 3.17. The monoisotopic (exact) mass is 244 g/mol. The highest BCUT2D eigenvalue weighted by molar-refractivity contribution is 6.03. The Bertz CT molecular complexity index is 287. The van der Waals surface area contributed by atoms with Gasteiger partial charge in [-0.15, -0.1) is 0 Å². The van der Waals surface area contributed by atoms with E-state index in [2.05, 4.69) is 10.1 Å². The summed E-state index contributed by atoms with van der Waals surface area (Å²) in [6.07, 6.45) is 0.844. The molecule has 0 saturated carbocycles. The van der Waals surface area contributed by atoms with Crippen LogP contribution in [0.2, 0.25) is 0 Å². The van der Waals surface area contributed by atoms with Gasteiger partial charge >= 0.3 is 5.97 Å². The number of methoxy groups -OCH3 is 1. The number of rotatable bonds is 6. The van der Waals surface area contributed by atoms with Gasteiger partial charge in [-0.05, 0) is 27.1 Å². The molecule has 6 heteroatoms. The summed E-state index contributed by atoms with van der Waals surface area (Å²) in [5, 5.41) is 2.75. The van der Waals surface area contributed by atoms with Crippen molar-refractivity contribution in [3.8, 4) is 0 Å². The summed E-state index contributed by atoms with van der Waals surface area (Å²) in [5.74, 6) is -0.816. The van der Waals surface area contributed by atoms with E-state index in [-0.39, 0.29) is 19.1 Å². The quantitative estimate of drug-likeness (QED) is 0.378. The summed E-state index contributed by atoms with van der Waals surface area (Å²) in [4.78, 5) is 25.5. The molecule has 17 heavy (non-hydrogen) atoms. The molecule has 0 atom stereocenters. The van der Waals surface area contributed by atoms with Crippen molar-refractivity contribution in [2.45, 2.75) is 6.42 Å². The second-order valence-corrected chi connectivity index (χ2v) is 4.48. The Hall–Kier alpha value is -1.14. The van der Waals surface area contributed by atoms with Crippen LogP contribution >= 0.6 is 0 Å². The van der Waals surface area contributed by atoms with Crippen LogP contribution in [0.25, 0.3) is 0 Å². The molecule has 1 fully saturated rings. The maximum Gasteiger partial charge on any atom is 0.326 e. The van der Waals surface area contributed by atoms with E-state index in [1.54, 1.807) is 0 Å². The Balaban J connectivity index is 2.37. The fourth-order valence-electron chi connectivity index (χ4n) is 1.61. The number of amides is 1. The predicted molar refractivity (Wildman–Crippen MR) is 61.4 cm³/mol. The number of nitrogens with one attached hydrogen (secondary N) is 1. The Morgan fingerprint density at radius 1 is 1.41 bits per heavy atom. The fourth-order valence-corrected chi connectivity index (χ4v) is 1.61. The maximum atomic E-state index is 11.9. The number of esters is 1. The molecule has 1 rings (SSSR count). The zero-order valence-electron chi connectivity index (χ0n) is 10.6. The van der Waals surface area contributed by atoms with Gasteiger partial charge < -0.3 is 19.7 Å². The van der Waals surface area contributed by atoms with Gasteiger partial charge in [-0.3, -0.25) is 9.59 Å². The first-order valence-corrected chi connectivity index (χ1v) is 5.62. The maximum absolute atomic E-state index is 11.9. The molecule has 1 N–H and O–H groups in total. The summed E-state index contributed by atoms with van der Waals surface area (Å²) in [5.41, 5.74) is -1.12. The predicted octanol–water partition coefficient (Wildman–Crippen LogP) is -0.756. The number of nitrogens with zero attached hydrogens (tertiary/aromatic N) is 1. The van der Waals surface area contributed by atoms with Crippen LogP contribution < -0.4 is 5.32 Å². The van der Waals surface area contributed by atoms with Gasteiger partial charge in [0.15, 0.2) is 5.41 Å². The summed E-state index contributed by atoms with van der Waals surface area (Å²) in [6.45, 7) is 1.66. The molecule has 1 aliphatic heterocycles. The van der Waals surface area contributed by atoms with E-state index >= 15 is 0 Å². The zero-order valence-corrected chi connectivity index (χ0v) is 10.6. The lowest BCUT2D eigenvalue weighted by molar-refractivity contribution is -0.188. The largest absolute Gasteiger partial charge is 0.468 e. The number of carbonyl (C=O) groups excluding carboxylic acids is 2. The van der Waals surface area contributed by atoms with E-state index in [9.17, 15) is 9.59 Å². The number of ether oxygens (including phenoxy) is 2. The molecule has 0 spiro atoms. The third-order valence-corrected chi connectivity index (χ3v) is 2.78. The van der Waals surface area contributed by atoms with Gasteiger partial charge in [0.05, 0.1) is 20.3 Å². The summed E-state index contributed by atoms with van der Waals surface area (Å²) < 4.78 is 9.59. The van der Waals surface area contributed by atoms with Crippen molar-refractivity contribution in [3.63, 3.8) is 0 Å². The van der Waals surface area contributed by atoms with Crippen molar-refractivity contribution in [3.05, 3.63) is 0 Å². The van der Waals surface area contributed by atoms with Crippen molar-refractivity contribution in [2.24, 2.45) is 5.41 Å². The standard InChI is InChI=1S/C11H20N2O4/c1-13(2)6-4-5-12-9(14)11(7-17-8-11)10(15)16-3/h4-8H2,1-3H3,(H,12,14). The highest BCUT2D eigenvalue weighted by Gasteiger charge is 2.53. The molecule has 1 saturated heterocycles. The van der Waals surface area contributed by atoms with Gasteiger partial charge in [0.25, 0.3) is 0 Å². The Morgan fingerprint density at radius 3 is 2.47 bits per heavy atom. The molecule has 1 aliphatic rings. The van der Waals surface area contributed by atoms with Crippen molar-refractivity contribution in [1.82, 2.24) is 10.2 Å². The number of hydrogen-bond acceptors (Lipinski definition) is 5. The van der Waals surface area contributed by atoms with Gasteiger partial charge in [0, 0.05) is 6.54 Å². The van der Waals surface area contributed by atoms with Crippen LogP contribution in [0.3, 0.4) is 0 Å². The van der Waals surface area contributed by atoms with Gasteiger partial charge in [-0.2, -0.15) is 0 Å². The molecule has 0 aromatic rings. The minimum atomic E-state index is -1.12. The second kappa shape index (κ2) is 5.97. The van der Waals surface area contributed by atoms with E-state index in [1.165, 1.54) is 7.11 Å². The zero-order chi connectivity index (χ0) is 12.9. The normalized spacial score (nSPS) is 17.4. The van der Waals surface area contributed by atoms with Gasteiger partial charge in [0.1, 0.15) is 0 Å². The van der Waals surface area contributed by atoms with Crippen molar-refractivity contribution < 1.29 is 19.1 Å². The van der Waals surface area contributed by atoms with E-state index in [4.69, 9.17) is 4.74 Å². The van der Waals surface area contributed by atoms with E-state index in [0.717, 1.165) is 13.0 Å². The highest BCUT2D eigenvalue weighted by atomic mass is 16.5. The van der Waals surface area contributed by atoms with Crippen LogP contribution in [0.4, 0.5) is 0 Å². The smallest absolute Gasteiger partial charge is 0.326 e. The van der Waals surface area contributed by atoms with Crippen LogP contribution in [0.1, 0.15) is 6.42 Å². The molecule has 0 radical (unpaired) electrons. The molecule has 0 aromatic carbocycles. The summed E-state index contributed by atoms with van der Waals surface area (Å²) >= 11 is 0. The van der Waals surface area contributed by atoms with Crippen molar-refractivity contribution >= 4 is 11.9 Å². The molecule has 98 valence electrons. The van der Waals surface area contributed by atoms with E-state index < -0.39 is 11.4 Å². The first-order chi connectivity index (χ1) is 8.03. The summed E-state index contributed by atoms with van der Waals surface area (Å²) in [6, 6.07) is 0. The summed E-state index contributed by atoms with van der Waals surface area (Å²) in [7, 11) is 5.22. The van der Waals surface area contributed by atoms with Crippen molar-refractivity contribution in [2.75, 3.05) is 47.5 Å². The molecular weight excluding hydrogens is 224 g/mol. The molecular formula is C11H20N2O4. The van der Waals surface area contributed by atoms with Gasteiger partial charge in [-0.25, -0.2) is 0 Å². The lowest BCUT2D eigenvalue weighted by Gasteiger charge is -2.36. The van der Waals surface area contributed by atoms with E-state index in [1.807, 2.05) is 19.0 Å². The molecule has 0 unspecified atom stereocenters. The molecule has 1 heterocycles. The molecule has 1 amide bonds. The van der Waals surface area contributed by atoms with Crippen molar-refractivity contribution in [1.29, 1.82) is 0 Å². The van der Waals surface area contributed by atoms with Crippen LogP contribution in [-0.4, -0.2) is 64.3 Å². The molecule has 6 nitrogen and oxygen atoms in total. The third-order valence-electron chi connectivity index (χ3n) is 2.78. The van der Waals surface area contributed by atoms with Gasteiger partial charge in [0.2, 0.25) is 5.91 Å². The lowest BCUT2D eigenvalue weighted by Crippen LogP contribution is -2.59. The first kappa shape index (κ1) is 13.9. The first-order valence-electron chi connectivity index (χ1n) is 5.62. The van der Waals surface area contributed by atoms with Crippen LogP contribution in [0.5, 0.6) is 0 Å². The SMILES string of the molecule is COC(=O)C1(C(=O)NCCCN(C)C)COC1. The van der Waals surface area contributed by atoms with Gasteiger partial charge in [-0.1, -0.05) is 0 Å². The Morgan fingerprint density at radius 2 is 2.06 bits per heavy atom. The van der Waals surface area contributed by atoms with Crippen LogP contribution in [0.15, 0.2) is 0 Å². The van der Waals surface area contributed by atoms with Crippen LogP contribution in [0, 0.1) is 5.41 Å². The Labute approximate surface area is 101 Å². The van der Waals surface area contributed by atoms with E-state index in [0.29, 0.717) is 6.54 Å². The average Bonchev–Trinajstić information content (AvgIpc) is 2.22. The molecule has 0 aromatic heterocycles. The molecule has 0 aliphatic carbocycles. The number of hydrogen-bond donors (Lipinski definition) is 1. The lowest BCUT2D eigenvalue weighted by atomic mass is 9.85.